The van der Waals surface area contributed by atoms with Crippen molar-refractivity contribution >= 4 is 6.41 Å². The summed E-state index contributed by atoms with van der Waals surface area (Å²) in [5.74, 6) is 0.202. The Kier molecular flexibility index (Phi) is 2.96. The Morgan fingerprint density at radius 3 is 3.00 bits per heavy atom. The molecule has 1 aliphatic heterocycles. The van der Waals surface area contributed by atoms with Gasteiger partial charge >= 0.3 is 0 Å². The van der Waals surface area contributed by atoms with Crippen LogP contribution in [0.25, 0.3) is 5.82 Å². The van der Waals surface area contributed by atoms with Crippen LogP contribution in [0.15, 0.2) is 12.3 Å². The van der Waals surface area contributed by atoms with Gasteiger partial charge in [-0.3, -0.25) is 4.79 Å². The highest BCUT2D eigenvalue weighted by Gasteiger charge is 2.28. The smallest absolute Gasteiger partial charge is 0.210 e. The molecule has 0 aromatic carbocycles. The third kappa shape index (κ3) is 1.86. The molecule has 2 aromatic rings. The van der Waals surface area contributed by atoms with Crippen molar-refractivity contribution in [1.82, 2.24) is 24.9 Å². The van der Waals surface area contributed by atoms with Gasteiger partial charge in [-0.05, 0) is 25.5 Å². The first kappa shape index (κ1) is 12.7. The summed E-state index contributed by atoms with van der Waals surface area (Å²) in [5.41, 5.74) is 2.21. The predicted octanol–water partition coefficient (Wildman–Crippen LogP) is 1.19. The molecular formula is C13H14FN5O. The number of amides is 1. The van der Waals surface area contributed by atoms with Gasteiger partial charge in [0.1, 0.15) is 11.5 Å². The molecule has 2 aromatic heterocycles. The lowest BCUT2D eigenvalue weighted by Gasteiger charge is -2.28. The zero-order valence-electron chi connectivity index (χ0n) is 11.2. The first-order valence-corrected chi connectivity index (χ1v) is 6.40. The van der Waals surface area contributed by atoms with Crippen LogP contribution in [0.1, 0.15) is 29.9 Å². The summed E-state index contributed by atoms with van der Waals surface area (Å²) in [5, 5.41) is 8.24. The average molecular weight is 275 g/mol. The molecule has 0 N–H and O–H groups in total. The third-order valence-electron chi connectivity index (χ3n) is 3.68. The second-order valence-electron chi connectivity index (χ2n) is 4.89. The highest BCUT2D eigenvalue weighted by Crippen LogP contribution is 2.27. The fraction of sp³-hybridized carbons (Fsp3) is 0.385. The summed E-state index contributed by atoms with van der Waals surface area (Å²) < 4.78 is 14.9. The number of halogens is 1. The number of rotatable bonds is 2. The molecule has 104 valence electrons. The molecule has 1 aliphatic rings. The number of aromatic nitrogens is 4. The molecule has 0 fully saturated rings. The Labute approximate surface area is 115 Å². The maximum Gasteiger partial charge on any atom is 0.210 e. The zero-order chi connectivity index (χ0) is 14.3. The fourth-order valence-electron chi connectivity index (χ4n) is 2.43. The Morgan fingerprint density at radius 1 is 1.50 bits per heavy atom. The van der Waals surface area contributed by atoms with Crippen LogP contribution in [-0.4, -0.2) is 37.8 Å². The Hall–Kier alpha value is -2.31. The van der Waals surface area contributed by atoms with E-state index in [0.29, 0.717) is 24.3 Å². The quantitative estimate of drug-likeness (QED) is 0.772. The molecule has 0 radical (unpaired) electrons. The average Bonchev–Trinajstić information content (AvgIpc) is 2.87. The standard InChI is InChI=1S/C13H14FN5O/c1-8-5-12(15-6-10(8)14)19-11-3-4-18(7-20)9(2)13(11)16-17-19/h5-7,9H,3-4H2,1-2H3. The van der Waals surface area contributed by atoms with Gasteiger partial charge in [-0.2, -0.15) is 4.68 Å². The predicted molar refractivity (Wildman–Crippen MR) is 68.7 cm³/mol. The number of carbonyl (C=O) groups is 1. The number of pyridine rings is 1. The Balaban J connectivity index is 2.05. The molecule has 0 saturated carbocycles. The van der Waals surface area contributed by atoms with Crippen molar-refractivity contribution < 1.29 is 9.18 Å². The topological polar surface area (TPSA) is 63.9 Å². The monoisotopic (exact) mass is 275 g/mol. The van der Waals surface area contributed by atoms with Gasteiger partial charge in [0.25, 0.3) is 0 Å². The molecule has 7 heteroatoms. The number of hydrogen-bond acceptors (Lipinski definition) is 4. The van der Waals surface area contributed by atoms with Crippen molar-refractivity contribution in [3.8, 4) is 5.82 Å². The fourth-order valence-corrected chi connectivity index (χ4v) is 2.43. The van der Waals surface area contributed by atoms with Crippen molar-refractivity contribution in [1.29, 1.82) is 0 Å². The molecular weight excluding hydrogens is 261 g/mol. The summed E-state index contributed by atoms with van der Waals surface area (Å²) in [6.45, 7) is 4.21. The summed E-state index contributed by atoms with van der Waals surface area (Å²) in [7, 11) is 0. The molecule has 1 unspecified atom stereocenters. The summed E-state index contributed by atoms with van der Waals surface area (Å²) >= 11 is 0. The van der Waals surface area contributed by atoms with Gasteiger partial charge in [-0.15, -0.1) is 5.10 Å². The Bertz CT molecular complexity index is 669. The molecule has 6 nitrogen and oxygen atoms in total. The van der Waals surface area contributed by atoms with Gasteiger partial charge in [-0.25, -0.2) is 9.37 Å². The second-order valence-corrected chi connectivity index (χ2v) is 4.89. The summed E-state index contributed by atoms with van der Waals surface area (Å²) in [6.07, 6.45) is 2.67. The van der Waals surface area contributed by atoms with E-state index in [0.717, 1.165) is 17.8 Å². The van der Waals surface area contributed by atoms with Crippen LogP contribution >= 0.6 is 0 Å². The largest absolute Gasteiger partial charge is 0.336 e. The molecule has 0 saturated heterocycles. The van der Waals surface area contributed by atoms with E-state index in [2.05, 4.69) is 15.3 Å². The molecule has 1 amide bonds. The molecule has 0 spiro atoms. The van der Waals surface area contributed by atoms with Crippen LogP contribution in [0.4, 0.5) is 4.39 Å². The molecule has 20 heavy (non-hydrogen) atoms. The van der Waals surface area contributed by atoms with Crippen molar-refractivity contribution in [3.05, 3.63) is 35.0 Å². The third-order valence-corrected chi connectivity index (χ3v) is 3.68. The van der Waals surface area contributed by atoms with Crippen LogP contribution in [0.3, 0.4) is 0 Å². The van der Waals surface area contributed by atoms with E-state index in [1.54, 1.807) is 22.6 Å². The van der Waals surface area contributed by atoms with Gasteiger partial charge in [0.2, 0.25) is 6.41 Å². The minimum absolute atomic E-state index is 0.105. The van der Waals surface area contributed by atoms with E-state index in [9.17, 15) is 9.18 Å². The number of aryl methyl sites for hydroxylation is 1. The first-order valence-electron chi connectivity index (χ1n) is 6.40. The first-order chi connectivity index (χ1) is 9.61. The van der Waals surface area contributed by atoms with Crippen LogP contribution in [-0.2, 0) is 11.2 Å². The van der Waals surface area contributed by atoms with Gasteiger partial charge in [0.15, 0.2) is 5.82 Å². The minimum atomic E-state index is -0.344. The van der Waals surface area contributed by atoms with Gasteiger partial charge in [0, 0.05) is 13.0 Å². The number of carbonyl (C=O) groups excluding carboxylic acids is 1. The van der Waals surface area contributed by atoms with Crippen LogP contribution in [0.5, 0.6) is 0 Å². The minimum Gasteiger partial charge on any atom is -0.336 e. The van der Waals surface area contributed by atoms with Gasteiger partial charge in [0.05, 0.1) is 17.9 Å². The van der Waals surface area contributed by atoms with Crippen molar-refractivity contribution in [3.63, 3.8) is 0 Å². The Morgan fingerprint density at radius 2 is 2.30 bits per heavy atom. The van der Waals surface area contributed by atoms with Crippen LogP contribution in [0.2, 0.25) is 0 Å². The number of fused-ring (bicyclic) bond motifs is 1. The van der Waals surface area contributed by atoms with Crippen molar-refractivity contribution in [2.45, 2.75) is 26.3 Å². The molecule has 1 atom stereocenters. The van der Waals surface area contributed by atoms with E-state index >= 15 is 0 Å². The second kappa shape index (κ2) is 4.66. The molecule has 3 heterocycles. The highest BCUT2D eigenvalue weighted by molar-refractivity contribution is 5.49. The maximum absolute atomic E-state index is 13.3. The van der Waals surface area contributed by atoms with E-state index in [1.165, 1.54) is 6.20 Å². The lowest BCUT2D eigenvalue weighted by atomic mass is 10.1. The van der Waals surface area contributed by atoms with Crippen molar-refractivity contribution in [2.24, 2.45) is 0 Å². The summed E-state index contributed by atoms with van der Waals surface area (Å²) in [4.78, 5) is 16.7. The molecule has 0 aliphatic carbocycles. The summed E-state index contributed by atoms with van der Waals surface area (Å²) in [6, 6.07) is 1.53. The van der Waals surface area contributed by atoms with E-state index < -0.39 is 0 Å². The van der Waals surface area contributed by atoms with Gasteiger partial charge in [-0.1, -0.05) is 5.21 Å². The lowest BCUT2D eigenvalue weighted by Crippen LogP contribution is -2.33. The highest BCUT2D eigenvalue weighted by atomic mass is 19.1. The van der Waals surface area contributed by atoms with E-state index in [-0.39, 0.29) is 11.9 Å². The maximum atomic E-state index is 13.3. The van der Waals surface area contributed by atoms with Crippen molar-refractivity contribution in [2.75, 3.05) is 6.54 Å². The molecule has 3 rings (SSSR count). The van der Waals surface area contributed by atoms with E-state index in [4.69, 9.17) is 0 Å². The number of hydrogen-bond donors (Lipinski definition) is 0. The zero-order valence-corrected chi connectivity index (χ0v) is 11.2. The number of nitrogens with zero attached hydrogens (tertiary/aromatic N) is 5. The van der Waals surface area contributed by atoms with Crippen LogP contribution in [0, 0.1) is 12.7 Å². The molecule has 0 bridgehead atoms. The lowest BCUT2D eigenvalue weighted by molar-refractivity contribution is -0.120. The van der Waals surface area contributed by atoms with E-state index in [1.807, 2.05) is 6.92 Å². The van der Waals surface area contributed by atoms with Gasteiger partial charge < -0.3 is 4.90 Å². The van der Waals surface area contributed by atoms with Crippen LogP contribution < -0.4 is 0 Å². The normalized spacial score (nSPS) is 17.9. The SMILES string of the molecule is Cc1cc(-n2nnc3c2CCN(C=O)C3C)ncc1F.